The van der Waals surface area contributed by atoms with Crippen LogP contribution >= 0.6 is 0 Å². The zero-order valence-electron chi connectivity index (χ0n) is 21.9. The van der Waals surface area contributed by atoms with E-state index in [2.05, 4.69) is 9.80 Å². The average Bonchev–Trinajstić information content (AvgIpc) is 2.97. The van der Waals surface area contributed by atoms with Gasteiger partial charge in [-0.25, -0.2) is 0 Å². The van der Waals surface area contributed by atoms with Crippen molar-refractivity contribution in [3.8, 4) is 5.75 Å². The van der Waals surface area contributed by atoms with E-state index >= 15 is 0 Å². The minimum absolute atomic E-state index is 0.00763. The van der Waals surface area contributed by atoms with Crippen molar-refractivity contribution in [1.29, 1.82) is 0 Å². The Morgan fingerprint density at radius 3 is 2.49 bits per heavy atom. The molecular formula is C29H31N5O5. The molecule has 39 heavy (non-hydrogen) atoms. The van der Waals surface area contributed by atoms with E-state index in [0.717, 1.165) is 23.6 Å². The number of anilines is 2. The molecule has 6 rings (SSSR count). The molecule has 2 fully saturated rings. The summed E-state index contributed by atoms with van der Waals surface area (Å²) >= 11 is 0. The fourth-order valence-electron chi connectivity index (χ4n) is 6.39. The van der Waals surface area contributed by atoms with Crippen LogP contribution in [0.1, 0.15) is 28.4 Å². The summed E-state index contributed by atoms with van der Waals surface area (Å²) in [6, 6.07) is 18.0. The summed E-state index contributed by atoms with van der Waals surface area (Å²) in [4.78, 5) is 43.5. The van der Waals surface area contributed by atoms with Gasteiger partial charge in [0.1, 0.15) is 11.4 Å². The third kappa shape index (κ3) is 4.60. The van der Waals surface area contributed by atoms with Crippen LogP contribution in [0.15, 0.2) is 65.5 Å². The number of piperazine rings is 1. The number of amides is 1. The Hall–Kier alpha value is -4.34. The van der Waals surface area contributed by atoms with Gasteiger partial charge in [0.05, 0.1) is 17.7 Å². The van der Waals surface area contributed by atoms with Crippen molar-refractivity contribution in [3.05, 3.63) is 92.4 Å². The Bertz CT molecular complexity index is 1480. The first-order valence-electron chi connectivity index (χ1n) is 13.3. The highest BCUT2D eigenvalue weighted by molar-refractivity contribution is 5.96. The molecule has 10 nitrogen and oxygen atoms in total. The Labute approximate surface area is 226 Å². The van der Waals surface area contributed by atoms with Crippen molar-refractivity contribution in [2.75, 3.05) is 56.2 Å². The highest BCUT2D eigenvalue weighted by Crippen LogP contribution is 2.40. The number of aromatic nitrogens is 1. The number of benzene rings is 2. The lowest BCUT2D eigenvalue weighted by molar-refractivity contribution is -0.384. The summed E-state index contributed by atoms with van der Waals surface area (Å²) < 4.78 is 7.33. The molecule has 0 aliphatic carbocycles. The van der Waals surface area contributed by atoms with Crippen LogP contribution in [0, 0.1) is 16.0 Å². The Morgan fingerprint density at radius 2 is 1.72 bits per heavy atom. The van der Waals surface area contributed by atoms with Gasteiger partial charge < -0.3 is 24.0 Å². The number of carbonyl (C=O) groups excluding carboxylic acids is 1. The fourth-order valence-corrected chi connectivity index (χ4v) is 6.39. The maximum atomic E-state index is 13.4. The van der Waals surface area contributed by atoms with Gasteiger partial charge in [0, 0.05) is 75.1 Å². The number of pyridine rings is 1. The quantitative estimate of drug-likeness (QED) is 0.369. The van der Waals surface area contributed by atoms with Gasteiger partial charge in [-0.3, -0.25) is 19.7 Å². The predicted molar refractivity (Wildman–Crippen MR) is 148 cm³/mol. The van der Waals surface area contributed by atoms with Gasteiger partial charge in [0.25, 0.3) is 17.2 Å². The van der Waals surface area contributed by atoms with E-state index in [1.54, 1.807) is 36.3 Å². The van der Waals surface area contributed by atoms with E-state index in [-0.39, 0.29) is 29.0 Å². The van der Waals surface area contributed by atoms with Crippen LogP contribution in [-0.2, 0) is 6.54 Å². The van der Waals surface area contributed by atoms with E-state index in [4.69, 9.17) is 4.74 Å². The molecule has 4 heterocycles. The van der Waals surface area contributed by atoms with Crippen molar-refractivity contribution in [1.82, 2.24) is 9.47 Å². The Balaban J connectivity index is 1.19. The first-order valence-corrected chi connectivity index (χ1v) is 13.3. The number of piperidine rings is 1. The van der Waals surface area contributed by atoms with E-state index in [1.165, 1.54) is 6.07 Å². The van der Waals surface area contributed by atoms with Gasteiger partial charge in [-0.2, -0.15) is 0 Å². The van der Waals surface area contributed by atoms with Crippen LogP contribution in [0.25, 0.3) is 0 Å². The maximum Gasteiger partial charge on any atom is 0.293 e. The molecule has 0 unspecified atom stereocenters. The van der Waals surface area contributed by atoms with Crippen LogP contribution in [0.3, 0.4) is 0 Å². The number of nitro groups is 1. The van der Waals surface area contributed by atoms with Gasteiger partial charge in [0.2, 0.25) is 0 Å². The topological polar surface area (TPSA) is 101 Å². The molecule has 1 aromatic heterocycles. The number of methoxy groups -OCH3 is 1. The predicted octanol–water partition coefficient (Wildman–Crippen LogP) is 3.35. The monoisotopic (exact) mass is 529 g/mol. The number of hydrogen-bond acceptors (Lipinski definition) is 7. The van der Waals surface area contributed by atoms with Gasteiger partial charge in [-0.15, -0.1) is 0 Å². The van der Waals surface area contributed by atoms with E-state index in [0.29, 0.717) is 57.1 Å². The van der Waals surface area contributed by atoms with Crippen molar-refractivity contribution >= 4 is 23.0 Å². The lowest BCUT2D eigenvalue weighted by Crippen LogP contribution is -2.49. The summed E-state index contributed by atoms with van der Waals surface area (Å²) in [7, 11) is 1.64. The fraction of sp³-hybridized carbons (Fsp3) is 0.379. The van der Waals surface area contributed by atoms with Crippen molar-refractivity contribution in [2.45, 2.75) is 18.9 Å². The molecule has 3 aliphatic rings. The molecule has 3 aromatic rings. The molecule has 2 bridgehead atoms. The van der Waals surface area contributed by atoms with E-state index in [9.17, 15) is 19.7 Å². The Kier molecular flexibility index (Phi) is 6.46. The molecule has 3 aliphatic heterocycles. The van der Waals surface area contributed by atoms with Crippen molar-refractivity contribution in [2.24, 2.45) is 5.92 Å². The maximum absolute atomic E-state index is 13.4. The average molecular weight is 530 g/mol. The highest BCUT2D eigenvalue weighted by atomic mass is 16.6. The van der Waals surface area contributed by atoms with Crippen molar-refractivity contribution in [3.63, 3.8) is 0 Å². The van der Waals surface area contributed by atoms with E-state index < -0.39 is 4.92 Å². The van der Waals surface area contributed by atoms with Crippen LogP contribution in [0.4, 0.5) is 17.1 Å². The second kappa shape index (κ2) is 10.1. The molecule has 1 amide bonds. The van der Waals surface area contributed by atoms with Crippen molar-refractivity contribution < 1.29 is 14.5 Å². The highest BCUT2D eigenvalue weighted by Gasteiger charge is 2.37. The molecule has 10 heteroatoms. The lowest BCUT2D eigenvalue weighted by atomic mass is 9.83. The number of rotatable bonds is 5. The second-order valence-corrected chi connectivity index (χ2v) is 10.5. The molecule has 0 radical (unpaired) electrons. The van der Waals surface area contributed by atoms with Crippen LogP contribution in [0.5, 0.6) is 5.75 Å². The van der Waals surface area contributed by atoms with Crippen LogP contribution in [-0.4, -0.2) is 66.7 Å². The molecule has 0 spiro atoms. The molecule has 202 valence electrons. The molecule has 0 N–H and O–H groups in total. The summed E-state index contributed by atoms with van der Waals surface area (Å²) in [5.74, 6) is 0.956. The second-order valence-electron chi connectivity index (χ2n) is 10.5. The zero-order valence-corrected chi connectivity index (χ0v) is 21.9. The molecule has 2 atom stereocenters. The van der Waals surface area contributed by atoms with E-state index in [1.807, 2.05) is 34.9 Å². The summed E-state index contributed by atoms with van der Waals surface area (Å²) in [6.07, 6.45) is 0.963. The zero-order chi connectivity index (χ0) is 27.1. The number of nitrogens with zero attached hydrogens (tertiary/aromatic N) is 5. The van der Waals surface area contributed by atoms with Gasteiger partial charge >= 0.3 is 0 Å². The Morgan fingerprint density at radius 1 is 0.923 bits per heavy atom. The first-order chi connectivity index (χ1) is 18.9. The minimum atomic E-state index is -0.394. The van der Waals surface area contributed by atoms with Crippen LogP contribution in [0.2, 0.25) is 0 Å². The molecular weight excluding hydrogens is 498 g/mol. The summed E-state index contributed by atoms with van der Waals surface area (Å²) in [5.41, 5.74) is 2.78. The number of carbonyl (C=O) groups is 1. The van der Waals surface area contributed by atoms with Gasteiger partial charge in [-0.1, -0.05) is 18.2 Å². The number of hydrogen-bond donors (Lipinski definition) is 0. The largest absolute Gasteiger partial charge is 0.495 e. The molecule has 2 aromatic carbocycles. The SMILES string of the molecule is COc1ccccc1N1CCN(C(=O)c2ccc(N3C[C@H]4C[C@@H](C3)c3cccc(=O)n3C4)c([N+](=O)[O-])c2)CC1. The van der Waals surface area contributed by atoms with Gasteiger partial charge in [-0.05, 0) is 42.7 Å². The third-order valence-corrected chi connectivity index (χ3v) is 8.23. The summed E-state index contributed by atoms with van der Waals surface area (Å²) in [6.45, 7) is 4.17. The number of nitro benzene ring substituents is 1. The van der Waals surface area contributed by atoms with Gasteiger partial charge in [0.15, 0.2) is 0 Å². The number of fused-ring (bicyclic) bond motifs is 4. The third-order valence-electron chi connectivity index (χ3n) is 8.23. The smallest absolute Gasteiger partial charge is 0.293 e. The number of para-hydroxylation sites is 2. The number of ether oxygens (including phenoxy) is 1. The lowest BCUT2D eigenvalue weighted by Gasteiger charge is -2.43. The summed E-state index contributed by atoms with van der Waals surface area (Å²) in [5, 5.41) is 12.2. The standard InChI is InChI=1S/C29H31N5O5/c1-39-27-7-3-2-5-25(27)30-11-13-31(14-12-30)29(36)21-9-10-24(26(16-21)34(37)38)32-17-20-15-22(19-32)23-6-4-8-28(35)33(23)18-20/h2-10,16,20,22H,11-15,17-19H2,1H3/t20-,22+/m1/s1. The minimum Gasteiger partial charge on any atom is -0.495 e. The molecule has 0 saturated carbocycles. The normalized spacial score (nSPS) is 20.4. The first kappa shape index (κ1) is 25.0. The molecule has 2 saturated heterocycles. The van der Waals surface area contributed by atoms with Crippen LogP contribution < -0.4 is 20.1 Å².